The maximum absolute atomic E-state index is 12.8. The lowest BCUT2D eigenvalue weighted by atomic mass is 9.85. The summed E-state index contributed by atoms with van der Waals surface area (Å²) in [5, 5.41) is 0. The predicted molar refractivity (Wildman–Crippen MR) is 104 cm³/mol. The summed E-state index contributed by atoms with van der Waals surface area (Å²) in [5.74, 6) is 1.24. The molecular formula is C22H33N3O. The van der Waals surface area contributed by atoms with Gasteiger partial charge in [-0.05, 0) is 69.0 Å². The van der Waals surface area contributed by atoms with Gasteiger partial charge in [-0.25, -0.2) is 0 Å². The summed E-state index contributed by atoms with van der Waals surface area (Å²) in [6.07, 6.45) is 15.8. The molecule has 1 amide bonds. The first-order valence-corrected chi connectivity index (χ1v) is 10.7. The molecule has 1 atom stereocenters. The van der Waals surface area contributed by atoms with E-state index in [0.29, 0.717) is 12.3 Å². The van der Waals surface area contributed by atoms with E-state index in [0.717, 1.165) is 31.0 Å². The van der Waals surface area contributed by atoms with Crippen LogP contribution in [0.15, 0.2) is 24.5 Å². The van der Waals surface area contributed by atoms with E-state index in [2.05, 4.69) is 20.9 Å². The highest BCUT2D eigenvalue weighted by Crippen LogP contribution is 2.39. The molecule has 3 aliphatic rings. The maximum Gasteiger partial charge on any atom is 0.222 e. The fourth-order valence-electron chi connectivity index (χ4n) is 5.53. The van der Waals surface area contributed by atoms with Gasteiger partial charge in [0, 0.05) is 44.0 Å². The highest BCUT2D eigenvalue weighted by Gasteiger charge is 2.45. The van der Waals surface area contributed by atoms with E-state index in [1.54, 1.807) is 6.20 Å². The molecule has 1 aliphatic carbocycles. The van der Waals surface area contributed by atoms with E-state index in [1.165, 1.54) is 64.5 Å². The largest absolute Gasteiger partial charge is 0.341 e. The van der Waals surface area contributed by atoms with Crippen molar-refractivity contribution in [2.24, 2.45) is 5.92 Å². The molecule has 3 heterocycles. The van der Waals surface area contributed by atoms with Crippen LogP contribution in [0.25, 0.3) is 0 Å². The average Bonchev–Trinajstić information content (AvgIpc) is 3.32. The van der Waals surface area contributed by atoms with Gasteiger partial charge in [-0.15, -0.1) is 0 Å². The molecule has 1 aromatic heterocycles. The summed E-state index contributed by atoms with van der Waals surface area (Å²) >= 11 is 0. The third-order valence-corrected chi connectivity index (χ3v) is 6.95. The molecule has 0 radical (unpaired) electrons. The first-order valence-electron chi connectivity index (χ1n) is 10.7. The monoisotopic (exact) mass is 355 g/mol. The molecule has 1 unspecified atom stereocenters. The number of aryl methyl sites for hydroxylation is 1. The molecule has 142 valence electrons. The van der Waals surface area contributed by atoms with E-state index in [1.807, 2.05) is 12.3 Å². The van der Waals surface area contributed by atoms with Crippen molar-refractivity contribution in [3.05, 3.63) is 30.1 Å². The number of carbonyl (C=O) groups is 1. The van der Waals surface area contributed by atoms with Crippen molar-refractivity contribution in [1.29, 1.82) is 0 Å². The van der Waals surface area contributed by atoms with Gasteiger partial charge in [0.05, 0.1) is 0 Å². The second-order valence-electron chi connectivity index (χ2n) is 8.70. The SMILES string of the molecule is O=C(CCc1cccnc1)N1CCCC2(CCCN2CC2CCCC2)C1. The number of likely N-dealkylation sites (tertiary alicyclic amines) is 2. The maximum atomic E-state index is 12.8. The lowest BCUT2D eigenvalue weighted by Gasteiger charge is -2.47. The van der Waals surface area contributed by atoms with Crippen LogP contribution in [0, 0.1) is 5.92 Å². The third kappa shape index (κ3) is 3.95. The van der Waals surface area contributed by atoms with Crippen LogP contribution in [-0.2, 0) is 11.2 Å². The molecule has 1 aromatic rings. The van der Waals surface area contributed by atoms with Crippen LogP contribution in [-0.4, -0.2) is 52.4 Å². The first kappa shape index (κ1) is 18.0. The highest BCUT2D eigenvalue weighted by atomic mass is 16.2. The number of piperidine rings is 1. The molecule has 2 aliphatic heterocycles. The standard InChI is InChI=1S/C22H33N3O/c26-21(10-9-19-8-3-13-23-16-19)24-14-4-11-22(18-24)12-5-15-25(22)17-20-6-1-2-7-20/h3,8,13,16,20H,1-2,4-7,9-12,14-15,17-18H2. The Kier molecular flexibility index (Phi) is 5.58. The van der Waals surface area contributed by atoms with Crippen molar-refractivity contribution < 1.29 is 4.79 Å². The third-order valence-electron chi connectivity index (χ3n) is 6.95. The molecule has 2 saturated heterocycles. The second kappa shape index (κ2) is 8.08. The van der Waals surface area contributed by atoms with Crippen LogP contribution in [0.1, 0.15) is 63.4 Å². The van der Waals surface area contributed by atoms with Crippen LogP contribution in [0.5, 0.6) is 0 Å². The van der Waals surface area contributed by atoms with Gasteiger partial charge < -0.3 is 4.90 Å². The Bertz CT molecular complexity index is 599. The van der Waals surface area contributed by atoms with Crippen molar-refractivity contribution in [3.8, 4) is 0 Å². The Balaban J connectivity index is 1.35. The molecule has 1 saturated carbocycles. The van der Waals surface area contributed by atoms with Crippen LogP contribution >= 0.6 is 0 Å². The fraction of sp³-hybridized carbons (Fsp3) is 0.727. The summed E-state index contributed by atoms with van der Waals surface area (Å²) in [7, 11) is 0. The van der Waals surface area contributed by atoms with Gasteiger partial charge in [0.25, 0.3) is 0 Å². The molecule has 0 aromatic carbocycles. The number of aromatic nitrogens is 1. The highest BCUT2D eigenvalue weighted by molar-refractivity contribution is 5.76. The Morgan fingerprint density at radius 2 is 1.96 bits per heavy atom. The summed E-state index contributed by atoms with van der Waals surface area (Å²) in [6.45, 7) is 4.43. The van der Waals surface area contributed by atoms with Crippen molar-refractivity contribution in [3.63, 3.8) is 0 Å². The normalized spacial score (nSPS) is 27.5. The van der Waals surface area contributed by atoms with Crippen LogP contribution in [0.4, 0.5) is 0 Å². The molecule has 4 rings (SSSR count). The van der Waals surface area contributed by atoms with E-state index >= 15 is 0 Å². The van der Waals surface area contributed by atoms with E-state index in [9.17, 15) is 4.79 Å². The number of hydrogen-bond donors (Lipinski definition) is 0. The summed E-state index contributed by atoms with van der Waals surface area (Å²) < 4.78 is 0. The lowest BCUT2D eigenvalue weighted by molar-refractivity contribution is -0.135. The van der Waals surface area contributed by atoms with E-state index in [-0.39, 0.29) is 5.54 Å². The van der Waals surface area contributed by atoms with Gasteiger partial charge in [-0.2, -0.15) is 0 Å². The van der Waals surface area contributed by atoms with Crippen molar-refractivity contribution in [1.82, 2.24) is 14.8 Å². The molecule has 1 spiro atoms. The number of pyridine rings is 1. The molecular weight excluding hydrogens is 322 g/mol. The number of carbonyl (C=O) groups excluding carboxylic acids is 1. The zero-order chi connectivity index (χ0) is 17.8. The van der Waals surface area contributed by atoms with Gasteiger partial charge in [0.2, 0.25) is 5.91 Å². The Morgan fingerprint density at radius 1 is 1.15 bits per heavy atom. The molecule has 4 nitrogen and oxygen atoms in total. The smallest absolute Gasteiger partial charge is 0.222 e. The minimum absolute atomic E-state index is 0.283. The van der Waals surface area contributed by atoms with E-state index in [4.69, 9.17) is 0 Å². The summed E-state index contributed by atoms with van der Waals surface area (Å²) in [4.78, 5) is 22.0. The minimum Gasteiger partial charge on any atom is -0.341 e. The second-order valence-corrected chi connectivity index (χ2v) is 8.70. The Hall–Kier alpha value is -1.42. The average molecular weight is 356 g/mol. The number of hydrogen-bond acceptors (Lipinski definition) is 3. The molecule has 26 heavy (non-hydrogen) atoms. The number of amides is 1. The molecule has 0 N–H and O–H groups in total. The van der Waals surface area contributed by atoms with Gasteiger partial charge in [0.1, 0.15) is 0 Å². The molecule has 4 heteroatoms. The van der Waals surface area contributed by atoms with Crippen molar-refractivity contribution in [2.75, 3.05) is 26.2 Å². The van der Waals surface area contributed by atoms with Crippen LogP contribution < -0.4 is 0 Å². The minimum atomic E-state index is 0.283. The van der Waals surface area contributed by atoms with Gasteiger partial charge in [0.15, 0.2) is 0 Å². The van der Waals surface area contributed by atoms with Crippen molar-refractivity contribution in [2.45, 2.75) is 69.7 Å². The number of rotatable bonds is 5. The zero-order valence-corrected chi connectivity index (χ0v) is 16.0. The quantitative estimate of drug-likeness (QED) is 0.809. The Morgan fingerprint density at radius 3 is 2.73 bits per heavy atom. The van der Waals surface area contributed by atoms with Gasteiger partial charge in [-0.3, -0.25) is 14.7 Å². The van der Waals surface area contributed by atoms with Gasteiger partial charge >= 0.3 is 0 Å². The predicted octanol–water partition coefficient (Wildman–Crippen LogP) is 3.66. The lowest BCUT2D eigenvalue weighted by Crippen LogP contribution is -2.57. The zero-order valence-electron chi connectivity index (χ0n) is 16.0. The first-order chi connectivity index (χ1) is 12.8. The number of nitrogens with zero attached hydrogens (tertiary/aromatic N) is 3. The van der Waals surface area contributed by atoms with Crippen LogP contribution in [0.2, 0.25) is 0 Å². The van der Waals surface area contributed by atoms with Crippen LogP contribution in [0.3, 0.4) is 0 Å². The summed E-state index contributed by atoms with van der Waals surface area (Å²) in [6, 6.07) is 4.02. The molecule has 3 fully saturated rings. The Labute approximate surface area is 158 Å². The van der Waals surface area contributed by atoms with Gasteiger partial charge in [-0.1, -0.05) is 18.9 Å². The topological polar surface area (TPSA) is 36.4 Å². The molecule has 0 bridgehead atoms. The fourth-order valence-corrected chi connectivity index (χ4v) is 5.53. The van der Waals surface area contributed by atoms with Crippen molar-refractivity contribution >= 4 is 5.91 Å². The summed E-state index contributed by atoms with van der Waals surface area (Å²) in [5.41, 5.74) is 1.45. The van der Waals surface area contributed by atoms with E-state index < -0.39 is 0 Å².